The number of fused-ring (bicyclic) bond motifs is 1. The minimum Gasteiger partial charge on any atom is -0.294 e. The van der Waals surface area contributed by atoms with Gasteiger partial charge in [0.2, 0.25) is 0 Å². The number of likely N-dealkylation sites (tertiary alicyclic amines) is 1. The molecular formula is C14H25N. The highest BCUT2D eigenvalue weighted by atomic mass is 15.2. The molecule has 1 heterocycles. The highest BCUT2D eigenvalue weighted by molar-refractivity contribution is 4.97. The van der Waals surface area contributed by atoms with E-state index in [-0.39, 0.29) is 0 Å². The van der Waals surface area contributed by atoms with E-state index in [2.05, 4.69) is 11.8 Å². The van der Waals surface area contributed by atoms with E-state index in [1.807, 2.05) is 0 Å². The molecule has 3 fully saturated rings. The van der Waals surface area contributed by atoms with Gasteiger partial charge in [-0.1, -0.05) is 25.7 Å². The standard InChI is InChI=1S/C14H25N/c1-11-10-12-6-2-5-9-14(12)15(11)13-7-3-4-8-13/h11-14H,2-10H2,1H3/t11-,12-,14-/m1/s1. The molecule has 1 heteroatoms. The predicted molar refractivity (Wildman–Crippen MR) is 63.9 cm³/mol. The summed E-state index contributed by atoms with van der Waals surface area (Å²) in [5.74, 6) is 1.06. The maximum absolute atomic E-state index is 2.94. The molecule has 0 N–H and O–H groups in total. The van der Waals surface area contributed by atoms with Crippen LogP contribution >= 0.6 is 0 Å². The van der Waals surface area contributed by atoms with Crippen molar-refractivity contribution in [2.75, 3.05) is 0 Å². The summed E-state index contributed by atoms with van der Waals surface area (Å²) in [5, 5.41) is 0. The molecule has 3 atom stereocenters. The molecule has 0 aromatic rings. The van der Waals surface area contributed by atoms with Gasteiger partial charge in [-0.15, -0.1) is 0 Å². The monoisotopic (exact) mass is 207 g/mol. The van der Waals surface area contributed by atoms with Gasteiger partial charge in [-0.25, -0.2) is 0 Å². The maximum Gasteiger partial charge on any atom is 0.0130 e. The molecule has 0 radical (unpaired) electrons. The van der Waals surface area contributed by atoms with E-state index in [1.54, 1.807) is 0 Å². The average molecular weight is 207 g/mol. The second kappa shape index (κ2) is 4.08. The zero-order chi connectivity index (χ0) is 10.3. The minimum atomic E-state index is 0.890. The summed E-state index contributed by atoms with van der Waals surface area (Å²) in [4.78, 5) is 2.94. The van der Waals surface area contributed by atoms with Gasteiger partial charge >= 0.3 is 0 Å². The van der Waals surface area contributed by atoms with Gasteiger partial charge in [0.25, 0.3) is 0 Å². The van der Waals surface area contributed by atoms with Crippen molar-refractivity contribution in [3.8, 4) is 0 Å². The molecule has 1 nitrogen and oxygen atoms in total. The summed E-state index contributed by atoms with van der Waals surface area (Å²) < 4.78 is 0. The van der Waals surface area contributed by atoms with Crippen LogP contribution < -0.4 is 0 Å². The Hall–Kier alpha value is -0.0400. The zero-order valence-corrected chi connectivity index (χ0v) is 10.1. The van der Waals surface area contributed by atoms with Crippen molar-refractivity contribution in [3.63, 3.8) is 0 Å². The Balaban J connectivity index is 1.74. The smallest absolute Gasteiger partial charge is 0.0130 e. The van der Waals surface area contributed by atoms with Crippen LogP contribution in [0.2, 0.25) is 0 Å². The van der Waals surface area contributed by atoms with E-state index in [0.717, 1.165) is 24.0 Å². The number of rotatable bonds is 1. The first-order valence-electron chi connectivity index (χ1n) is 7.13. The molecule has 1 aliphatic heterocycles. The van der Waals surface area contributed by atoms with Gasteiger partial charge in [0.1, 0.15) is 0 Å². The highest BCUT2D eigenvalue weighted by Gasteiger charge is 2.43. The molecule has 15 heavy (non-hydrogen) atoms. The Labute approximate surface area is 94.2 Å². The third kappa shape index (κ3) is 1.73. The Bertz CT molecular complexity index is 219. The number of hydrogen-bond donors (Lipinski definition) is 0. The third-order valence-electron chi connectivity index (χ3n) is 5.15. The lowest BCUT2D eigenvalue weighted by Crippen LogP contribution is -2.43. The summed E-state index contributed by atoms with van der Waals surface area (Å²) in [5.41, 5.74) is 0. The first kappa shape index (κ1) is 10.1. The molecule has 0 unspecified atom stereocenters. The lowest BCUT2D eigenvalue weighted by atomic mass is 9.84. The summed E-state index contributed by atoms with van der Waals surface area (Å²) in [6.45, 7) is 2.48. The molecule has 2 saturated carbocycles. The van der Waals surface area contributed by atoms with Crippen molar-refractivity contribution in [1.82, 2.24) is 4.90 Å². The SMILES string of the molecule is C[C@@H]1C[C@H]2CCCC[C@H]2N1C1CCCC1. The molecule has 0 amide bonds. The van der Waals surface area contributed by atoms with Crippen molar-refractivity contribution in [1.29, 1.82) is 0 Å². The normalized spacial score (nSPS) is 43.4. The first-order chi connectivity index (χ1) is 7.36. The molecule has 2 aliphatic carbocycles. The van der Waals surface area contributed by atoms with Gasteiger partial charge in [0.05, 0.1) is 0 Å². The Morgan fingerprint density at radius 1 is 0.867 bits per heavy atom. The molecule has 0 bridgehead atoms. The fourth-order valence-electron chi connectivity index (χ4n) is 4.58. The van der Waals surface area contributed by atoms with E-state index < -0.39 is 0 Å². The van der Waals surface area contributed by atoms with E-state index in [9.17, 15) is 0 Å². The molecule has 3 rings (SSSR count). The Morgan fingerprint density at radius 2 is 1.53 bits per heavy atom. The Morgan fingerprint density at radius 3 is 2.33 bits per heavy atom. The topological polar surface area (TPSA) is 3.24 Å². The summed E-state index contributed by atoms with van der Waals surface area (Å²) in [6, 6.07) is 2.84. The second-order valence-electron chi connectivity index (χ2n) is 6.08. The lowest BCUT2D eigenvalue weighted by Gasteiger charge is -2.37. The van der Waals surface area contributed by atoms with Crippen LogP contribution in [-0.4, -0.2) is 23.0 Å². The van der Waals surface area contributed by atoms with Gasteiger partial charge in [0, 0.05) is 18.1 Å². The second-order valence-corrected chi connectivity index (χ2v) is 6.08. The van der Waals surface area contributed by atoms with Crippen LogP contribution in [0.3, 0.4) is 0 Å². The van der Waals surface area contributed by atoms with Crippen LogP contribution in [0, 0.1) is 5.92 Å². The molecule has 0 aromatic heterocycles. The van der Waals surface area contributed by atoms with Gasteiger partial charge in [0.15, 0.2) is 0 Å². The molecule has 86 valence electrons. The average Bonchev–Trinajstić information content (AvgIpc) is 2.82. The van der Waals surface area contributed by atoms with Crippen LogP contribution in [0.4, 0.5) is 0 Å². The zero-order valence-electron chi connectivity index (χ0n) is 10.1. The Kier molecular flexibility index (Phi) is 2.76. The highest BCUT2D eigenvalue weighted by Crippen LogP contribution is 2.43. The van der Waals surface area contributed by atoms with Crippen molar-refractivity contribution >= 4 is 0 Å². The van der Waals surface area contributed by atoms with Crippen LogP contribution in [-0.2, 0) is 0 Å². The van der Waals surface area contributed by atoms with E-state index in [0.29, 0.717) is 0 Å². The molecular weight excluding hydrogens is 182 g/mol. The minimum absolute atomic E-state index is 0.890. The first-order valence-corrected chi connectivity index (χ1v) is 7.13. The lowest BCUT2D eigenvalue weighted by molar-refractivity contribution is 0.106. The quantitative estimate of drug-likeness (QED) is 0.635. The molecule has 0 spiro atoms. The number of nitrogens with zero attached hydrogens (tertiary/aromatic N) is 1. The van der Waals surface area contributed by atoms with Crippen molar-refractivity contribution in [3.05, 3.63) is 0 Å². The van der Waals surface area contributed by atoms with Crippen LogP contribution in [0.15, 0.2) is 0 Å². The van der Waals surface area contributed by atoms with E-state index >= 15 is 0 Å². The molecule has 0 aromatic carbocycles. The van der Waals surface area contributed by atoms with Gasteiger partial charge < -0.3 is 0 Å². The maximum atomic E-state index is 2.94. The van der Waals surface area contributed by atoms with E-state index in [1.165, 1.54) is 57.8 Å². The fourth-order valence-corrected chi connectivity index (χ4v) is 4.58. The summed E-state index contributed by atoms with van der Waals surface area (Å²) in [7, 11) is 0. The van der Waals surface area contributed by atoms with Gasteiger partial charge in [-0.3, -0.25) is 4.90 Å². The predicted octanol–water partition coefficient (Wildman–Crippen LogP) is 3.58. The third-order valence-corrected chi connectivity index (χ3v) is 5.15. The summed E-state index contributed by atoms with van der Waals surface area (Å²) >= 11 is 0. The molecule has 1 saturated heterocycles. The van der Waals surface area contributed by atoms with Crippen molar-refractivity contribution < 1.29 is 0 Å². The van der Waals surface area contributed by atoms with Crippen LogP contribution in [0.25, 0.3) is 0 Å². The molecule has 3 aliphatic rings. The van der Waals surface area contributed by atoms with Crippen molar-refractivity contribution in [2.24, 2.45) is 5.92 Å². The fraction of sp³-hybridized carbons (Fsp3) is 1.00. The largest absolute Gasteiger partial charge is 0.294 e. The van der Waals surface area contributed by atoms with E-state index in [4.69, 9.17) is 0 Å². The van der Waals surface area contributed by atoms with Gasteiger partial charge in [-0.2, -0.15) is 0 Å². The van der Waals surface area contributed by atoms with Gasteiger partial charge in [-0.05, 0) is 44.9 Å². The van der Waals surface area contributed by atoms with Crippen LogP contribution in [0.1, 0.15) is 64.7 Å². The summed E-state index contributed by atoms with van der Waals surface area (Å²) in [6.07, 6.45) is 13.5. The van der Waals surface area contributed by atoms with Crippen molar-refractivity contribution in [2.45, 2.75) is 82.8 Å². The number of hydrogen-bond acceptors (Lipinski definition) is 1. The van der Waals surface area contributed by atoms with Crippen LogP contribution in [0.5, 0.6) is 0 Å².